The second kappa shape index (κ2) is 15.4. The van der Waals surface area contributed by atoms with Gasteiger partial charge in [0.25, 0.3) is 0 Å². The molecule has 0 aromatic carbocycles. The molecule has 0 radical (unpaired) electrons. The van der Waals surface area contributed by atoms with Gasteiger partial charge in [-0.15, -0.1) is 0 Å². The third-order valence-electron chi connectivity index (χ3n) is 8.58. The van der Waals surface area contributed by atoms with Crippen LogP contribution < -0.4 is 34.4 Å². The molecule has 0 amide bonds. The van der Waals surface area contributed by atoms with Gasteiger partial charge >= 0.3 is 10.4 Å². The molecule has 3 saturated heterocycles. The Morgan fingerprint density at radius 2 is 1.13 bits per heavy atom. The smallest absolute Gasteiger partial charge is 0.394 e. The van der Waals surface area contributed by atoms with E-state index >= 15 is 0 Å². The normalized spacial score (nSPS) is 50.5. The summed E-state index contributed by atoms with van der Waals surface area (Å²) in [5, 5.41) is 63.3. The molecule has 0 aromatic heterocycles. The first-order chi connectivity index (χ1) is 21.5. The first-order valence-electron chi connectivity index (χ1n) is 14.5. The van der Waals surface area contributed by atoms with E-state index in [2.05, 4.69) is 4.18 Å². The minimum atomic E-state index is -5.04. The van der Waals surface area contributed by atoms with E-state index in [1.54, 1.807) is 0 Å². The summed E-state index contributed by atoms with van der Waals surface area (Å²) in [7, 11) is -5.04. The van der Waals surface area contributed by atoms with Crippen LogP contribution in [0.5, 0.6) is 0 Å². The lowest BCUT2D eigenvalue weighted by atomic mass is 9.84. The van der Waals surface area contributed by atoms with Crippen LogP contribution in [0.2, 0.25) is 0 Å². The van der Waals surface area contributed by atoms with E-state index in [1.165, 1.54) is 0 Å². The van der Waals surface area contributed by atoms with Crippen LogP contribution in [0.3, 0.4) is 0 Å². The number of nitrogens with two attached hydrogens (primary N) is 6. The van der Waals surface area contributed by atoms with Gasteiger partial charge in [0.15, 0.2) is 18.9 Å². The van der Waals surface area contributed by atoms with E-state index in [9.17, 15) is 39.1 Å². The summed E-state index contributed by atoms with van der Waals surface area (Å²) < 4.78 is 70.7. The van der Waals surface area contributed by atoms with Gasteiger partial charge in [0, 0.05) is 25.2 Å². The zero-order valence-corrected chi connectivity index (χ0v) is 25.3. The molecule has 4 fully saturated rings. The molecule has 4 aliphatic rings. The quantitative estimate of drug-likeness (QED) is 0.0892. The standard InChI is InChI=1S/C23H46N6O16S/c24-2-7-13(32)14(33)10(28)21(39-7)43-18-9(4-30)41-23(16(18)35)44-20-12(31)5(26)1-6(27)17(20)42-22-11(29)15(34)19(8(3-25)40-22)45-46(36,37)38/h5-23,30-35H,1-4,24-29H2,(H,36,37,38)/t5-,6+,7+,8-,9+,10-,11+,12-,13+,14+,15-,16-,17+,18-,19+,20-,21-,22+,23-/m1/s1. The minimum absolute atomic E-state index is 0.00249. The highest BCUT2D eigenvalue weighted by Crippen LogP contribution is 2.34. The summed E-state index contributed by atoms with van der Waals surface area (Å²) in [6.07, 6.45) is -21.9. The van der Waals surface area contributed by atoms with Crippen LogP contribution in [0.15, 0.2) is 0 Å². The first-order valence-corrected chi connectivity index (χ1v) is 15.9. The zero-order chi connectivity index (χ0) is 34.2. The molecule has 22 nitrogen and oxygen atoms in total. The molecule has 0 unspecified atom stereocenters. The fourth-order valence-electron chi connectivity index (χ4n) is 5.98. The van der Waals surface area contributed by atoms with Gasteiger partial charge in [-0.25, -0.2) is 4.18 Å². The predicted molar refractivity (Wildman–Crippen MR) is 149 cm³/mol. The highest BCUT2D eigenvalue weighted by Gasteiger charge is 2.54. The van der Waals surface area contributed by atoms with E-state index in [0.29, 0.717) is 0 Å². The van der Waals surface area contributed by atoms with E-state index in [-0.39, 0.29) is 13.0 Å². The largest absolute Gasteiger partial charge is 0.397 e. The number of hydrogen-bond acceptors (Lipinski definition) is 21. The second-order valence-electron chi connectivity index (χ2n) is 11.7. The van der Waals surface area contributed by atoms with Crippen molar-refractivity contribution in [3.05, 3.63) is 0 Å². The van der Waals surface area contributed by atoms with Gasteiger partial charge in [0.1, 0.15) is 67.1 Å². The molecule has 3 aliphatic heterocycles. The van der Waals surface area contributed by atoms with E-state index in [1.807, 2.05) is 0 Å². The summed E-state index contributed by atoms with van der Waals surface area (Å²) in [5.41, 5.74) is 35.7. The third kappa shape index (κ3) is 7.96. The van der Waals surface area contributed by atoms with Crippen molar-refractivity contribution in [3.63, 3.8) is 0 Å². The van der Waals surface area contributed by atoms with E-state index < -0.39 is 140 Å². The summed E-state index contributed by atoms with van der Waals surface area (Å²) >= 11 is 0. The molecule has 1 aliphatic carbocycles. The molecule has 3 heterocycles. The van der Waals surface area contributed by atoms with Gasteiger partial charge in [-0.05, 0) is 6.42 Å². The van der Waals surface area contributed by atoms with Gasteiger partial charge in [0.05, 0.1) is 24.8 Å². The maximum absolute atomic E-state index is 11.3. The molecule has 1 saturated carbocycles. The topological polar surface area (TPSA) is 396 Å². The van der Waals surface area contributed by atoms with Crippen molar-refractivity contribution >= 4 is 10.4 Å². The van der Waals surface area contributed by atoms with Crippen molar-refractivity contribution in [1.82, 2.24) is 0 Å². The first kappa shape index (κ1) is 38.0. The maximum Gasteiger partial charge on any atom is 0.397 e. The SMILES string of the molecule is NC[C@@H]1O[C@H](O[C@H]2[C@@H](O)[C@@H](O[C@@H]3[C@H](O)[C@H](N)C[C@H](N)[C@@H]3O[C@@H]3O[C@H](CN)[C@H](OS(=O)(=O)O)[C@H](O)[C@@H]3N)O[C@H]2CO)[C@H](N)[C@H](O)[C@H]1O. The fraction of sp³-hybridized carbons (Fsp3) is 1.00. The second-order valence-corrected chi connectivity index (χ2v) is 12.8. The average Bonchev–Trinajstić information content (AvgIpc) is 3.29. The Bertz CT molecular complexity index is 1100. The summed E-state index contributed by atoms with van der Waals surface area (Å²) in [6, 6.07) is -4.70. The molecule has 46 heavy (non-hydrogen) atoms. The number of rotatable bonds is 11. The summed E-state index contributed by atoms with van der Waals surface area (Å²) in [5.74, 6) is 0. The minimum Gasteiger partial charge on any atom is -0.394 e. The maximum atomic E-state index is 11.3. The lowest BCUT2D eigenvalue weighted by molar-refractivity contribution is -0.305. The Balaban J connectivity index is 1.50. The molecule has 0 bridgehead atoms. The fourth-order valence-corrected chi connectivity index (χ4v) is 6.50. The van der Waals surface area contributed by atoms with Crippen LogP contribution in [0.4, 0.5) is 0 Å². The Morgan fingerprint density at radius 1 is 0.609 bits per heavy atom. The summed E-state index contributed by atoms with van der Waals surface area (Å²) in [6.45, 7) is -1.30. The van der Waals surface area contributed by atoms with Gasteiger partial charge in [-0.3, -0.25) is 4.55 Å². The summed E-state index contributed by atoms with van der Waals surface area (Å²) in [4.78, 5) is 0. The number of aliphatic hydroxyl groups excluding tert-OH is 6. The third-order valence-corrected chi connectivity index (χ3v) is 9.04. The number of ether oxygens (including phenoxy) is 6. The molecule has 4 rings (SSSR count). The Labute approximate surface area is 263 Å². The molecular weight excluding hydrogens is 648 g/mol. The van der Waals surface area contributed by atoms with Crippen molar-refractivity contribution < 1.29 is 76.2 Å². The van der Waals surface area contributed by atoms with Gasteiger partial charge in [0.2, 0.25) is 0 Å². The van der Waals surface area contributed by atoms with Gasteiger partial charge in [-0.1, -0.05) is 0 Å². The predicted octanol–water partition coefficient (Wildman–Crippen LogP) is -9.07. The lowest BCUT2D eigenvalue weighted by Crippen LogP contribution is -2.68. The molecule has 270 valence electrons. The van der Waals surface area contributed by atoms with Crippen molar-refractivity contribution in [2.75, 3.05) is 19.7 Å². The Morgan fingerprint density at radius 3 is 1.70 bits per heavy atom. The molecule has 0 spiro atoms. The van der Waals surface area contributed by atoms with Crippen LogP contribution in [0.25, 0.3) is 0 Å². The molecular formula is C23H46N6O16S. The van der Waals surface area contributed by atoms with Crippen LogP contribution in [0.1, 0.15) is 6.42 Å². The van der Waals surface area contributed by atoms with E-state index in [4.69, 9.17) is 67.4 Å². The number of hydrogen-bond donors (Lipinski definition) is 13. The lowest BCUT2D eigenvalue weighted by Gasteiger charge is -2.47. The van der Waals surface area contributed by atoms with Gasteiger partial charge in [-0.2, -0.15) is 8.42 Å². The Kier molecular flexibility index (Phi) is 12.7. The highest BCUT2D eigenvalue weighted by atomic mass is 32.3. The van der Waals surface area contributed by atoms with E-state index in [0.717, 1.165) is 0 Å². The molecule has 23 heteroatoms. The Hall–Kier alpha value is -0.850. The number of aliphatic hydroxyl groups is 6. The van der Waals surface area contributed by atoms with Crippen molar-refractivity contribution in [1.29, 1.82) is 0 Å². The van der Waals surface area contributed by atoms with Crippen LogP contribution in [-0.4, -0.2) is 180 Å². The van der Waals surface area contributed by atoms with Crippen molar-refractivity contribution in [2.24, 2.45) is 34.4 Å². The van der Waals surface area contributed by atoms with Crippen molar-refractivity contribution in [3.8, 4) is 0 Å². The molecule has 19 N–H and O–H groups in total. The highest BCUT2D eigenvalue weighted by molar-refractivity contribution is 7.80. The van der Waals surface area contributed by atoms with Crippen LogP contribution >= 0.6 is 0 Å². The average molecular weight is 695 g/mol. The molecule has 0 aromatic rings. The van der Waals surface area contributed by atoms with Crippen molar-refractivity contribution in [2.45, 2.75) is 123 Å². The van der Waals surface area contributed by atoms with Crippen LogP contribution in [0, 0.1) is 0 Å². The van der Waals surface area contributed by atoms with Crippen LogP contribution in [-0.2, 0) is 43.0 Å². The molecule has 19 atom stereocenters. The zero-order valence-electron chi connectivity index (χ0n) is 24.5. The van der Waals surface area contributed by atoms with Gasteiger partial charge < -0.3 is 93.5 Å². The monoisotopic (exact) mass is 694 g/mol.